The van der Waals surface area contributed by atoms with Gasteiger partial charge in [0.15, 0.2) is 0 Å². The minimum atomic E-state index is 0.130. The molecule has 0 atom stereocenters. The summed E-state index contributed by atoms with van der Waals surface area (Å²) in [6.45, 7) is 5.98. The van der Waals surface area contributed by atoms with Gasteiger partial charge in [0, 0.05) is 30.7 Å². The van der Waals surface area contributed by atoms with Crippen LogP contribution in [0.3, 0.4) is 0 Å². The second-order valence-corrected chi connectivity index (χ2v) is 6.67. The number of benzene rings is 1. The monoisotopic (exact) mass is 300 g/mol. The number of aliphatic hydroxyl groups excluding tert-OH is 1. The first-order valence-electron chi connectivity index (χ1n) is 7.85. The van der Waals surface area contributed by atoms with Gasteiger partial charge in [0.25, 0.3) is 0 Å². The molecule has 0 unspecified atom stereocenters. The Labute approximate surface area is 131 Å². The Morgan fingerprint density at radius 3 is 2.64 bits per heavy atom. The molecule has 0 aliphatic heterocycles. The number of hydrogen-bond donors (Lipinski definition) is 1. The SMILES string of the molecule is Cc1ccccc1-c1nc(CN(C)CC2(CO)CC2)c(C)o1. The van der Waals surface area contributed by atoms with Crippen LogP contribution in [0.4, 0.5) is 0 Å². The lowest BCUT2D eigenvalue weighted by molar-refractivity contribution is 0.160. The Morgan fingerprint density at radius 2 is 2.00 bits per heavy atom. The van der Waals surface area contributed by atoms with Crippen LogP contribution in [0, 0.1) is 19.3 Å². The van der Waals surface area contributed by atoms with Crippen molar-refractivity contribution < 1.29 is 9.52 Å². The number of aromatic nitrogens is 1. The zero-order valence-corrected chi connectivity index (χ0v) is 13.6. The summed E-state index contributed by atoms with van der Waals surface area (Å²) in [6, 6.07) is 8.14. The summed E-state index contributed by atoms with van der Waals surface area (Å²) in [6.07, 6.45) is 2.25. The van der Waals surface area contributed by atoms with Crippen LogP contribution >= 0.6 is 0 Å². The normalized spacial score (nSPS) is 16.2. The summed E-state index contributed by atoms with van der Waals surface area (Å²) in [5.74, 6) is 1.57. The second kappa shape index (κ2) is 5.86. The minimum Gasteiger partial charge on any atom is -0.441 e. The van der Waals surface area contributed by atoms with Gasteiger partial charge in [-0.25, -0.2) is 4.98 Å². The van der Waals surface area contributed by atoms with E-state index in [1.165, 1.54) is 5.56 Å². The van der Waals surface area contributed by atoms with Gasteiger partial charge in [-0.2, -0.15) is 0 Å². The maximum atomic E-state index is 9.45. The smallest absolute Gasteiger partial charge is 0.226 e. The Bertz CT molecular complexity index is 659. The fraction of sp³-hybridized carbons (Fsp3) is 0.500. The van der Waals surface area contributed by atoms with Crippen LogP contribution < -0.4 is 0 Å². The molecule has 4 heteroatoms. The topological polar surface area (TPSA) is 49.5 Å². The lowest BCUT2D eigenvalue weighted by Crippen LogP contribution is -2.28. The van der Waals surface area contributed by atoms with E-state index >= 15 is 0 Å². The van der Waals surface area contributed by atoms with E-state index in [2.05, 4.69) is 29.9 Å². The van der Waals surface area contributed by atoms with Crippen LogP contribution in [0.25, 0.3) is 11.5 Å². The fourth-order valence-electron chi connectivity index (χ4n) is 2.93. The van der Waals surface area contributed by atoms with E-state index < -0.39 is 0 Å². The molecule has 4 nitrogen and oxygen atoms in total. The molecule has 22 heavy (non-hydrogen) atoms. The van der Waals surface area contributed by atoms with Crippen LogP contribution in [-0.4, -0.2) is 35.2 Å². The van der Waals surface area contributed by atoms with Crippen LogP contribution in [0.15, 0.2) is 28.7 Å². The quantitative estimate of drug-likeness (QED) is 0.890. The first-order valence-corrected chi connectivity index (χ1v) is 7.85. The maximum absolute atomic E-state index is 9.45. The van der Waals surface area contributed by atoms with Gasteiger partial charge in [-0.15, -0.1) is 0 Å². The Hall–Kier alpha value is -1.65. The van der Waals surface area contributed by atoms with Crippen molar-refractivity contribution >= 4 is 0 Å². The van der Waals surface area contributed by atoms with E-state index in [1.54, 1.807) is 0 Å². The molecule has 0 saturated heterocycles. The molecule has 0 bridgehead atoms. The van der Waals surface area contributed by atoms with Crippen LogP contribution in [-0.2, 0) is 6.54 Å². The highest BCUT2D eigenvalue weighted by Crippen LogP contribution is 2.45. The van der Waals surface area contributed by atoms with Crippen molar-refractivity contribution in [3.05, 3.63) is 41.3 Å². The Morgan fingerprint density at radius 1 is 1.27 bits per heavy atom. The third-order valence-electron chi connectivity index (χ3n) is 4.59. The summed E-state index contributed by atoms with van der Waals surface area (Å²) < 4.78 is 5.87. The maximum Gasteiger partial charge on any atom is 0.226 e. The number of hydrogen-bond acceptors (Lipinski definition) is 4. The number of nitrogens with zero attached hydrogens (tertiary/aromatic N) is 2. The molecule has 1 saturated carbocycles. The third kappa shape index (κ3) is 3.08. The second-order valence-electron chi connectivity index (χ2n) is 6.67. The van der Waals surface area contributed by atoms with E-state index in [-0.39, 0.29) is 12.0 Å². The molecule has 1 aliphatic carbocycles. The number of aryl methyl sites for hydroxylation is 2. The molecule has 118 valence electrons. The van der Waals surface area contributed by atoms with Crippen molar-refractivity contribution in [1.82, 2.24) is 9.88 Å². The molecule has 1 fully saturated rings. The molecule has 1 aliphatic rings. The van der Waals surface area contributed by atoms with Gasteiger partial charge in [-0.1, -0.05) is 18.2 Å². The van der Waals surface area contributed by atoms with Crippen molar-refractivity contribution in [3.8, 4) is 11.5 Å². The van der Waals surface area contributed by atoms with Crippen molar-refractivity contribution in [1.29, 1.82) is 0 Å². The average molecular weight is 300 g/mol. The molecule has 1 N–H and O–H groups in total. The molecule has 1 heterocycles. The molecule has 1 aromatic carbocycles. The van der Waals surface area contributed by atoms with Gasteiger partial charge < -0.3 is 9.52 Å². The van der Waals surface area contributed by atoms with E-state index in [0.717, 1.165) is 42.9 Å². The number of aliphatic hydroxyl groups is 1. The molecule has 1 aromatic heterocycles. The summed E-state index contributed by atoms with van der Waals surface area (Å²) in [4.78, 5) is 6.92. The lowest BCUT2D eigenvalue weighted by atomic mass is 10.1. The first-order chi connectivity index (χ1) is 10.5. The van der Waals surface area contributed by atoms with Crippen molar-refractivity contribution in [2.45, 2.75) is 33.2 Å². The van der Waals surface area contributed by atoms with Gasteiger partial charge in [0.2, 0.25) is 5.89 Å². The average Bonchev–Trinajstić information content (AvgIpc) is 3.17. The first kappa shape index (κ1) is 15.3. The molecule has 0 radical (unpaired) electrons. The fourth-order valence-corrected chi connectivity index (χ4v) is 2.93. The Kier molecular flexibility index (Phi) is 4.06. The minimum absolute atomic E-state index is 0.130. The van der Waals surface area contributed by atoms with Gasteiger partial charge in [0.05, 0.1) is 5.69 Å². The summed E-state index contributed by atoms with van der Waals surface area (Å²) >= 11 is 0. The predicted octanol–water partition coefficient (Wildman–Crippen LogP) is 3.16. The zero-order chi connectivity index (χ0) is 15.7. The highest BCUT2D eigenvalue weighted by Gasteiger charge is 2.42. The van der Waals surface area contributed by atoms with Gasteiger partial charge in [-0.05, 0) is 45.4 Å². The number of rotatable bonds is 6. The predicted molar refractivity (Wildman–Crippen MR) is 86.5 cm³/mol. The van der Waals surface area contributed by atoms with Crippen molar-refractivity contribution in [2.24, 2.45) is 5.41 Å². The molecular formula is C18H24N2O2. The van der Waals surface area contributed by atoms with Crippen LogP contribution in [0.1, 0.15) is 29.9 Å². The largest absolute Gasteiger partial charge is 0.441 e. The van der Waals surface area contributed by atoms with E-state index in [0.29, 0.717) is 5.89 Å². The van der Waals surface area contributed by atoms with Gasteiger partial charge in [0.1, 0.15) is 5.76 Å². The summed E-state index contributed by atoms with van der Waals surface area (Å²) in [7, 11) is 2.08. The molecule has 0 amide bonds. The number of oxazole rings is 1. The van der Waals surface area contributed by atoms with Crippen LogP contribution in [0.5, 0.6) is 0 Å². The molecule has 0 spiro atoms. The highest BCUT2D eigenvalue weighted by atomic mass is 16.4. The van der Waals surface area contributed by atoms with Crippen molar-refractivity contribution in [3.63, 3.8) is 0 Å². The van der Waals surface area contributed by atoms with Crippen LogP contribution in [0.2, 0.25) is 0 Å². The van der Waals surface area contributed by atoms with Crippen molar-refractivity contribution in [2.75, 3.05) is 20.2 Å². The van der Waals surface area contributed by atoms with E-state index in [9.17, 15) is 5.11 Å². The van der Waals surface area contributed by atoms with Gasteiger partial charge >= 0.3 is 0 Å². The highest BCUT2D eigenvalue weighted by molar-refractivity contribution is 5.58. The summed E-state index contributed by atoms with van der Waals surface area (Å²) in [5, 5.41) is 9.45. The van der Waals surface area contributed by atoms with Gasteiger partial charge in [-0.3, -0.25) is 4.90 Å². The molecular weight excluding hydrogens is 276 g/mol. The third-order valence-corrected chi connectivity index (χ3v) is 4.59. The summed E-state index contributed by atoms with van der Waals surface area (Å²) in [5.41, 5.74) is 3.33. The Balaban J connectivity index is 1.74. The molecule has 3 rings (SSSR count). The van der Waals surface area contributed by atoms with E-state index in [4.69, 9.17) is 4.42 Å². The standard InChI is InChI=1S/C18H24N2O2/c1-13-6-4-5-7-15(13)17-19-16(14(2)22-17)10-20(3)11-18(12-21)8-9-18/h4-7,21H,8-12H2,1-3H3. The zero-order valence-electron chi connectivity index (χ0n) is 13.6. The lowest BCUT2D eigenvalue weighted by Gasteiger charge is -2.21. The van der Waals surface area contributed by atoms with E-state index in [1.807, 2.05) is 25.1 Å². The molecule has 2 aromatic rings.